The molecular formula is C21H32N8O8. The lowest BCUT2D eigenvalue weighted by Gasteiger charge is -2.19. The molecule has 204 valence electrons. The molecule has 0 fully saturated rings. The zero-order chi connectivity index (χ0) is 28.2. The standard InChI is InChI=1S/C21H32N8O8/c1-2-3-6-15(31)25-10-16(32)28-13(5-4-8-24-21(22)23)19(36)26-11-17(33)29-14(7-9-30)20(37)27-12-18(34)35/h1,9,13-14H,3-8,10-12H2,(H,25,31)(H,26,36)(H,27,37)(H,28,32)(H,29,33)(H,34,35)(H4,22,23,24)/t13?,14-/m0/s1. The van der Waals surface area contributed by atoms with Gasteiger partial charge in [0.05, 0.1) is 13.1 Å². The predicted molar refractivity (Wildman–Crippen MR) is 129 cm³/mol. The summed E-state index contributed by atoms with van der Waals surface area (Å²) in [5.41, 5.74) is 10.5. The SMILES string of the molecule is C#CCCC(=O)NCC(=O)NC(CCCN=C(N)N)C(=O)NCC(=O)N[C@@H](CC=O)C(=O)NCC(=O)O. The fourth-order valence-corrected chi connectivity index (χ4v) is 2.62. The second kappa shape index (κ2) is 18.6. The number of amides is 5. The van der Waals surface area contributed by atoms with Gasteiger partial charge in [-0.3, -0.25) is 33.8 Å². The summed E-state index contributed by atoms with van der Waals surface area (Å²) in [5, 5.41) is 19.9. The van der Waals surface area contributed by atoms with Gasteiger partial charge >= 0.3 is 5.97 Å². The van der Waals surface area contributed by atoms with Crippen LogP contribution in [0.1, 0.15) is 32.1 Å². The Bertz CT molecular complexity index is 911. The molecule has 0 aliphatic rings. The Kier molecular flexibility index (Phi) is 16.3. The minimum Gasteiger partial charge on any atom is -0.480 e. The van der Waals surface area contributed by atoms with Gasteiger partial charge in [-0.15, -0.1) is 12.3 Å². The van der Waals surface area contributed by atoms with E-state index in [1.807, 2.05) is 5.32 Å². The van der Waals surface area contributed by atoms with Crippen LogP contribution in [0.25, 0.3) is 0 Å². The highest BCUT2D eigenvalue weighted by molar-refractivity contribution is 5.94. The summed E-state index contributed by atoms with van der Waals surface area (Å²) in [6.07, 6.45) is 5.58. The molecule has 2 atom stereocenters. The molecule has 0 rings (SSSR count). The number of aliphatic carboxylic acids is 1. The zero-order valence-corrected chi connectivity index (χ0v) is 20.1. The number of nitrogens with zero attached hydrogens (tertiary/aromatic N) is 1. The lowest BCUT2D eigenvalue weighted by Crippen LogP contribution is -2.53. The van der Waals surface area contributed by atoms with E-state index in [0.717, 1.165) is 0 Å². The number of guanidine groups is 1. The van der Waals surface area contributed by atoms with E-state index in [9.17, 15) is 33.6 Å². The predicted octanol–water partition coefficient (Wildman–Crippen LogP) is -4.55. The van der Waals surface area contributed by atoms with Crippen LogP contribution in [0.5, 0.6) is 0 Å². The highest BCUT2D eigenvalue weighted by Gasteiger charge is 2.24. The van der Waals surface area contributed by atoms with Crippen LogP contribution >= 0.6 is 0 Å². The highest BCUT2D eigenvalue weighted by atomic mass is 16.4. The maximum atomic E-state index is 12.6. The first-order valence-electron chi connectivity index (χ1n) is 11.0. The lowest BCUT2D eigenvalue weighted by molar-refractivity contribution is -0.138. The third kappa shape index (κ3) is 16.6. The number of hydrogen-bond donors (Lipinski definition) is 8. The Morgan fingerprint density at radius 2 is 1.46 bits per heavy atom. The molecule has 0 heterocycles. The normalized spacial score (nSPS) is 11.4. The Labute approximate surface area is 212 Å². The smallest absolute Gasteiger partial charge is 0.322 e. The van der Waals surface area contributed by atoms with Crippen LogP contribution in [0, 0.1) is 12.3 Å². The van der Waals surface area contributed by atoms with Crippen molar-refractivity contribution >= 4 is 47.8 Å². The van der Waals surface area contributed by atoms with Crippen LogP contribution in [-0.4, -0.2) is 91.1 Å². The molecule has 5 amide bonds. The van der Waals surface area contributed by atoms with Gasteiger partial charge in [-0.25, -0.2) is 0 Å². The van der Waals surface area contributed by atoms with Crippen molar-refractivity contribution in [2.45, 2.75) is 44.2 Å². The fraction of sp³-hybridized carbons (Fsp3) is 0.524. The van der Waals surface area contributed by atoms with E-state index in [2.05, 4.69) is 32.2 Å². The van der Waals surface area contributed by atoms with E-state index >= 15 is 0 Å². The van der Waals surface area contributed by atoms with Gasteiger partial charge in [-0.2, -0.15) is 0 Å². The van der Waals surface area contributed by atoms with Gasteiger partial charge in [-0.1, -0.05) is 0 Å². The van der Waals surface area contributed by atoms with Crippen LogP contribution in [0.3, 0.4) is 0 Å². The number of terminal acetylenes is 1. The Balaban J connectivity index is 5.00. The lowest BCUT2D eigenvalue weighted by atomic mass is 10.1. The van der Waals surface area contributed by atoms with Gasteiger partial charge in [0.15, 0.2) is 5.96 Å². The first-order chi connectivity index (χ1) is 17.5. The number of carboxylic acid groups (broad SMARTS) is 1. The summed E-state index contributed by atoms with van der Waals surface area (Å²) in [6, 6.07) is -2.48. The molecule has 0 aromatic heterocycles. The molecule has 0 saturated heterocycles. The monoisotopic (exact) mass is 524 g/mol. The maximum absolute atomic E-state index is 12.6. The summed E-state index contributed by atoms with van der Waals surface area (Å²) in [4.78, 5) is 85.7. The maximum Gasteiger partial charge on any atom is 0.322 e. The molecule has 16 heteroatoms. The van der Waals surface area contributed by atoms with E-state index in [0.29, 0.717) is 6.29 Å². The number of carbonyl (C=O) groups is 7. The number of nitrogens with two attached hydrogens (primary N) is 2. The molecule has 1 unspecified atom stereocenters. The molecule has 0 radical (unpaired) electrons. The van der Waals surface area contributed by atoms with Gasteiger partial charge in [0.2, 0.25) is 29.5 Å². The van der Waals surface area contributed by atoms with Crippen molar-refractivity contribution in [3.63, 3.8) is 0 Å². The Morgan fingerprint density at radius 1 is 0.892 bits per heavy atom. The molecule has 0 aliphatic carbocycles. The number of aliphatic imine (C=N–C) groups is 1. The van der Waals surface area contributed by atoms with Crippen molar-refractivity contribution in [1.82, 2.24) is 26.6 Å². The number of hydrogen-bond acceptors (Lipinski definition) is 8. The minimum absolute atomic E-state index is 0.0285. The van der Waals surface area contributed by atoms with Crippen LogP contribution in [0.4, 0.5) is 0 Å². The number of carboxylic acids is 1. The highest BCUT2D eigenvalue weighted by Crippen LogP contribution is 1.99. The van der Waals surface area contributed by atoms with E-state index in [1.165, 1.54) is 0 Å². The van der Waals surface area contributed by atoms with Crippen LogP contribution in [0.2, 0.25) is 0 Å². The second-order valence-corrected chi connectivity index (χ2v) is 7.40. The van der Waals surface area contributed by atoms with Crippen LogP contribution in [0.15, 0.2) is 4.99 Å². The van der Waals surface area contributed by atoms with Crippen molar-refractivity contribution in [3.05, 3.63) is 0 Å². The van der Waals surface area contributed by atoms with E-state index in [4.69, 9.17) is 23.0 Å². The summed E-state index contributed by atoms with van der Waals surface area (Å²) >= 11 is 0. The van der Waals surface area contributed by atoms with Crippen LogP contribution in [-0.2, 0) is 33.6 Å². The summed E-state index contributed by atoms with van der Waals surface area (Å²) in [5.74, 6) is -2.82. The number of nitrogens with one attached hydrogen (secondary N) is 5. The quantitative estimate of drug-likeness (QED) is 0.0280. The van der Waals surface area contributed by atoms with Crippen molar-refractivity contribution in [2.24, 2.45) is 16.5 Å². The fourth-order valence-electron chi connectivity index (χ4n) is 2.62. The first-order valence-corrected chi connectivity index (χ1v) is 11.0. The molecule has 37 heavy (non-hydrogen) atoms. The molecule has 16 nitrogen and oxygen atoms in total. The van der Waals surface area contributed by atoms with Crippen molar-refractivity contribution in [3.8, 4) is 12.3 Å². The summed E-state index contributed by atoms with van der Waals surface area (Å²) in [6.45, 7) is -1.60. The van der Waals surface area contributed by atoms with Gasteiger partial charge < -0.3 is 48.0 Å². The second-order valence-electron chi connectivity index (χ2n) is 7.40. The number of aldehydes is 1. The average molecular weight is 525 g/mol. The van der Waals surface area contributed by atoms with Gasteiger partial charge in [0.1, 0.15) is 24.9 Å². The van der Waals surface area contributed by atoms with Gasteiger partial charge in [-0.05, 0) is 12.8 Å². The molecule has 0 saturated carbocycles. The Hall–Kier alpha value is -4.68. The molecule has 0 bridgehead atoms. The van der Waals surface area contributed by atoms with E-state index < -0.39 is 73.6 Å². The van der Waals surface area contributed by atoms with Crippen LogP contribution < -0.4 is 38.1 Å². The number of carbonyl (C=O) groups excluding carboxylic acids is 6. The van der Waals surface area contributed by atoms with E-state index in [-0.39, 0.29) is 38.2 Å². The minimum atomic E-state index is -1.35. The third-order valence-corrected chi connectivity index (χ3v) is 4.36. The average Bonchev–Trinajstić information content (AvgIpc) is 2.84. The molecule has 0 aromatic rings. The molecule has 10 N–H and O–H groups in total. The van der Waals surface area contributed by atoms with Crippen molar-refractivity contribution in [1.29, 1.82) is 0 Å². The Morgan fingerprint density at radius 3 is 2.03 bits per heavy atom. The molecule has 0 spiro atoms. The summed E-state index contributed by atoms with van der Waals surface area (Å²) in [7, 11) is 0. The molecule has 0 aliphatic heterocycles. The van der Waals surface area contributed by atoms with Crippen molar-refractivity contribution < 1.29 is 38.7 Å². The first kappa shape index (κ1) is 32.3. The number of rotatable bonds is 18. The third-order valence-electron chi connectivity index (χ3n) is 4.36. The van der Waals surface area contributed by atoms with Crippen molar-refractivity contribution in [2.75, 3.05) is 26.2 Å². The molecule has 0 aromatic carbocycles. The van der Waals surface area contributed by atoms with Gasteiger partial charge in [0.25, 0.3) is 0 Å². The van der Waals surface area contributed by atoms with E-state index in [1.54, 1.807) is 0 Å². The largest absolute Gasteiger partial charge is 0.480 e. The topological polar surface area (TPSA) is 264 Å². The zero-order valence-electron chi connectivity index (χ0n) is 20.1. The molecular weight excluding hydrogens is 492 g/mol. The summed E-state index contributed by atoms with van der Waals surface area (Å²) < 4.78 is 0. The van der Waals surface area contributed by atoms with Gasteiger partial charge in [0, 0.05) is 25.8 Å².